The zero-order chi connectivity index (χ0) is 18.2. The van der Waals surface area contributed by atoms with Crippen molar-refractivity contribution < 1.29 is 14.6 Å². The zero-order valence-electron chi connectivity index (χ0n) is 15.6. The number of carbonyl (C=O) groups excluding carboxylic acids is 1. The monoisotopic (exact) mass is 356 g/mol. The molecule has 2 rings (SSSR count). The van der Waals surface area contributed by atoms with Crippen molar-refractivity contribution >= 4 is 17.9 Å². The van der Waals surface area contributed by atoms with Crippen LogP contribution >= 0.6 is 11.8 Å². The lowest BCUT2D eigenvalue weighted by molar-refractivity contribution is 0.0179. The van der Waals surface area contributed by atoms with E-state index in [0.29, 0.717) is 13.1 Å². The van der Waals surface area contributed by atoms with Gasteiger partial charge in [0, 0.05) is 35.5 Å². The molecule has 2 aliphatic heterocycles. The van der Waals surface area contributed by atoms with E-state index in [9.17, 15) is 9.90 Å². The molecule has 0 aliphatic carbocycles. The third-order valence-corrected chi connectivity index (χ3v) is 5.17. The van der Waals surface area contributed by atoms with Crippen molar-refractivity contribution in [3.05, 3.63) is 23.3 Å². The summed E-state index contributed by atoms with van der Waals surface area (Å²) >= 11 is 1.70. The summed E-state index contributed by atoms with van der Waals surface area (Å²) in [7, 11) is 0. The lowest BCUT2D eigenvalue weighted by Gasteiger charge is -2.40. The minimum atomic E-state index is -0.472. The number of allylic oxidation sites excluding steroid dienone is 1. The van der Waals surface area contributed by atoms with Crippen LogP contribution in [-0.4, -0.2) is 52.7 Å². The molecule has 1 fully saturated rings. The van der Waals surface area contributed by atoms with Gasteiger partial charge in [0.2, 0.25) is 0 Å². The molecule has 0 aromatic rings. The van der Waals surface area contributed by atoms with Gasteiger partial charge in [-0.3, -0.25) is 0 Å². The second-order valence-corrected chi connectivity index (χ2v) is 8.31. The number of nitrogens with one attached hydrogen (secondary N) is 1. The standard InChI is InChI=1S/C16H26N2O3S.C2H6/c1-15(2,3)21-14(20)18-9-6-16(12-19,7-10-18)22-13-5-4-8-17-11-13;1-2/h4-5,11,17,19H,6-10,12H2,1-3H3;1-2H3. The normalized spacial score (nSPS) is 19.6. The quantitative estimate of drug-likeness (QED) is 0.810. The van der Waals surface area contributed by atoms with Crippen LogP contribution in [0, 0.1) is 0 Å². The molecule has 1 amide bonds. The van der Waals surface area contributed by atoms with Gasteiger partial charge in [-0.2, -0.15) is 0 Å². The summed E-state index contributed by atoms with van der Waals surface area (Å²) in [6, 6.07) is 0. The molecule has 138 valence electrons. The Hall–Kier alpha value is -1.14. The molecule has 0 aromatic carbocycles. The van der Waals surface area contributed by atoms with Crippen LogP contribution in [0.4, 0.5) is 4.79 Å². The predicted molar refractivity (Wildman–Crippen MR) is 101 cm³/mol. The predicted octanol–water partition coefficient (Wildman–Crippen LogP) is 3.51. The average molecular weight is 357 g/mol. The van der Waals surface area contributed by atoms with E-state index in [0.717, 1.165) is 24.3 Å². The van der Waals surface area contributed by atoms with Gasteiger partial charge in [0.05, 0.1) is 6.61 Å². The first-order valence-electron chi connectivity index (χ1n) is 8.71. The summed E-state index contributed by atoms with van der Waals surface area (Å²) in [6.07, 6.45) is 7.41. The smallest absolute Gasteiger partial charge is 0.410 e. The van der Waals surface area contributed by atoms with E-state index in [1.807, 2.05) is 40.8 Å². The summed E-state index contributed by atoms with van der Waals surface area (Å²) < 4.78 is 5.20. The Morgan fingerprint density at radius 2 is 2.00 bits per heavy atom. The number of carbonyl (C=O) groups is 1. The maximum absolute atomic E-state index is 12.1. The maximum atomic E-state index is 12.1. The molecule has 0 radical (unpaired) electrons. The van der Waals surface area contributed by atoms with E-state index in [1.165, 1.54) is 0 Å². The number of ether oxygens (including phenoxy) is 1. The number of aliphatic hydroxyl groups is 1. The molecule has 0 spiro atoms. The average Bonchev–Trinajstić information content (AvgIpc) is 2.56. The van der Waals surface area contributed by atoms with Crippen LogP contribution in [0.3, 0.4) is 0 Å². The number of hydrogen-bond donors (Lipinski definition) is 2. The van der Waals surface area contributed by atoms with E-state index in [2.05, 4.69) is 17.5 Å². The maximum Gasteiger partial charge on any atom is 0.410 e. The fourth-order valence-electron chi connectivity index (χ4n) is 2.48. The number of hydrogen-bond acceptors (Lipinski definition) is 5. The van der Waals surface area contributed by atoms with Crippen molar-refractivity contribution in [3.63, 3.8) is 0 Å². The Morgan fingerprint density at radius 3 is 2.46 bits per heavy atom. The Balaban J connectivity index is 0.00000139. The third-order valence-electron chi connectivity index (χ3n) is 3.71. The summed E-state index contributed by atoms with van der Waals surface area (Å²) in [4.78, 5) is 15.0. The Kier molecular flexibility index (Phi) is 8.16. The number of nitrogens with zero attached hydrogens (tertiary/aromatic N) is 1. The molecule has 2 heterocycles. The highest BCUT2D eigenvalue weighted by Gasteiger charge is 2.38. The molecule has 2 aliphatic rings. The number of rotatable bonds is 3. The molecule has 5 nitrogen and oxygen atoms in total. The Morgan fingerprint density at radius 1 is 1.38 bits per heavy atom. The van der Waals surface area contributed by atoms with E-state index in [4.69, 9.17) is 4.74 Å². The lowest BCUT2D eigenvalue weighted by atomic mass is 9.97. The molecular formula is C18H32N2O3S. The molecule has 0 aromatic heterocycles. The molecule has 24 heavy (non-hydrogen) atoms. The van der Waals surface area contributed by atoms with Crippen molar-refractivity contribution in [1.82, 2.24) is 10.2 Å². The molecule has 1 saturated heterocycles. The van der Waals surface area contributed by atoms with Gasteiger partial charge in [-0.1, -0.05) is 19.9 Å². The number of likely N-dealkylation sites (tertiary alicyclic amines) is 1. The van der Waals surface area contributed by atoms with E-state index >= 15 is 0 Å². The van der Waals surface area contributed by atoms with Crippen LogP contribution in [0.1, 0.15) is 47.5 Å². The van der Waals surface area contributed by atoms with Crippen LogP contribution in [0.2, 0.25) is 0 Å². The summed E-state index contributed by atoms with van der Waals surface area (Å²) in [5, 5.41) is 13.0. The van der Waals surface area contributed by atoms with Crippen LogP contribution in [0.5, 0.6) is 0 Å². The first-order chi connectivity index (χ1) is 11.3. The van der Waals surface area contributed by atoms with E-state index in [-0.39, 0.29) is 17.4 Å². The topological polar surface area (TPSA) is 61.8 Å². The summed E-state index contributed by atoms with van der Waals surface area (Å²) in [5.41, 5.74) is -0.472. The summed E-state index contributed by atoms with van der Waals surface area (Å²) in [5.74, 6) is 0. The highest BCUT2D eigenvalue weighted by atomic mass is 32.2. The minimum absolute atomic E-state index is 0.116. The number of aliphatic hydroxyl groups excluding tert-OH is 1. The van der Waals surface area contributed by atoms with Crippen molar-refractivity contribution in [2.24, 2.45) is 0 Å². The lowest BCUT2D eigenvalue weighted by Crippen LogP contribution is -2.48. The summed E-state index contributed by atoms with van der Waals surface area (Å²) in [6.45, 7) is 11.8. The minimum Gasteiger partial charge on any atom is -0.444 e. The highest BCUT2D eigenvalue weighted by molar-refractivity contribution is 8.04. The molecule has 0 unspecified atom stereocenters. The van der Waals surface area contributed by atoms with Crippen molar-refractivity contribution in [1.29, 1.82) is 0 Å². The Bertz CT molecular complexity index is 461. The van der Waals surface area contributed by atoms with Crippen molar-refractivity contribution in [3.8, 4) is 0 Å². The van der Waals surface area contributed by atoms with Gasteiger partial charge in [0.1, 0.15) is 5.60 Å². The van der Waals surface area contributed by atoms with Crippen molar-refractivity contribution in [2.45, 2.75) is 57.8 Å². The van der Waals surface area contributed by atoms with Gasteiger partial charge in [-0.25, -0.2) is 4.79 Å². The fourth-order valence-corrected chi connectivity index (χ4v) is 3.74. The molecule has 6 heteroatoms. The first kappa shape index (κ1) is 20.9. The van der Waals surface area contributed by atoms with E-state index < -0.39 is 5.60 Å². The molecule has 0 saturated carbocycles. The van der Waals surface area contributed by atoms with Crippen LogP contribution in [-0.2, 0) is 4.74 Å². The third kappa shape index (κ3) is 6.40. The second-order valence-electron chi connectivity index (χ2n) is 6.77. The second kappa shape index (κ2) is 9.37. The SMILES string of the molecule is CC.CC(C)(C)OC(=O)N1CCC(CO)(SC2=CNCC=C2)CC1. The first-order valence-corrected chi connectivity index (χ1v) is 9.53. The fraction of sp³-hybridized carbons (Fsp3) is 0.722. The number of amides is 1. The zero-order valence-corrected chi connectivity index (χ0v) is 16.4. The molecule has 0 bridgehead atoms. The van der Waals surface area contributed by atoms with Gasteiger partial charge in [-0.15, -0.1) is 11.8 Å². The van der Waals surface area contributed by atoms with Gasteiger partial charge in [-0.05, 0) is 39.7 Å². The number of dihydropyridines is 1. The highest BCUT2D eigenvalue weighted by Crippen LogP contribution is 2.41. The number of thioether (sulfide) groups is 1. The van der Waals surface area contributed by atoms with Gasteiger partial charge in [0.25, 0.3) is 0 Å². The number of piperidine rings is 1. The van der Waals surface area contributed by atoms with Gasteiger partial charge >= 0.3 is 6.09 Å². The van der Waals surface area contributed by atoms with Crippen molar-refractivity contribution in [2.75, 3.05) is 26.2 Å². The molecular weight excluding hydrogens is 324 g/mol. The molecule has 0 atom stereocenters. The van der Waals surface area contributed by atoms with Crippen LogP contribution in [0.15, 0.2) is 23.3 Å². The van der Waals surface area contributed by atoms with Crippen LogP contribution < -0.4 is 5.32 Å². The van der Waals surface area contributed by atoms with Gasteiger partial charge < -0.3 is 20.1 Å². The molecule has 2 N–H and O–H groups in total. The Labute approximate surface area is 150 Å². The van der Waals surface area contributed by atoms with E-state index in [1.54, 1.807) is 16.7 Å². The van der Waals surface area contributed by atoms with Gasteiger partial charge in [0.15, 0.2) is 0 Å². The van der Waals surface area contributed by atoms with Crippen LogP contribution in [0.25, 0.3) is 0 Å². The largest absolute Gasteiger partial charge is 0.444 e.